The minimum absolute atomic E-state index is 0.0580. The molecule has 68 valence electrons. The molecular formula is C8H14ClN3. The van der Waals surface area contributed by atoms with Crippen LogP contribution in [0.25, 0.3) is 0 Å². The molecule has 0 saturated heterocycles. The quantitative estimate of drug-likeness (QED) is 0.629. The highest BCUT2D eigenvalue weighted by molar-refractivity contribution is 6.16. The summed E-state index contributed by atoms with van der Waals surface area (Å²) in [7, 11) is 1.89. The summed E-state index contributed by atoms with van der Waals surface area (Å²) in [6.45, 7) is 6.38. The van der Waals surface area contributed by atoms with Gasteiger partial charge in [-0.1, -0.05) is 26.0 Å². The first kappa shape index (κ1) is 9.52. The predicted molar refractivity (Wildman–Crippen MR) is 49.3 cm³/mol. The number of halogens is 1. The van der Waals surface area contributed by atoms with E-state index in [0.29, 0.717) is 5.88 Å². The van der Waals surface area contributed by atoms with Crippen molar-refractivity contribution in [1.82, 2.24) is 15.0 Å². The van der Waals surface area contributed by atoms with E-state index in [1.54, 1.807) is 4.68 Å². The van der Waals surface area contributed by atoms with Gasteiger partial charge in [0.1, 0.15) is 5.69 Å². The molecule has 0 aliphatic carbocycles. The fraction of sp³-hybridized carbons (Fsp3) is 0.750. The highest BCUT2D eigenvalue weighted by Crippen LogP contribution is 2.24. The standard InChI is InChI=1S/C8H14ClN3/c1-8(2,3)7-6(5-9)10-11-12(7)4/h5H2,1-4H3. The van der Waals surface area contributed by atoms with Crippen molar-refractivity contribution in [2.75, 3.05) is 0 Å². The zero-order chi connectivity index (χ0) is 9.35. The van der Waals surface area contributed by atoms with Crippen LogP contribution in [0.4, 0.5) is 0 Å². The molecule has 1 aromatic rings. The number of hydrogen-bond donors (Lipinski definition) is 0. The molecule has 0 bridgehead atoms. The van der Waals surface area contributed by atoms with Gasteiger partial charge in [0.15, 0.2) is 0 Å². The Balaban J connectivity index is 3.19. The first-order valence-corrected chi connectivity index (χ1v) is 4.45. The Labute approximate surface area is 77.7 Å². The van der Waals surface area contributed by atoms with Crippen molar-refractivity contribution < 1.29 is 0 Å². The van der Waals surface area contributed by atoms with Crippen LogP contribution in [-0.2, 0) is 18.3 Å². The van der Waals surface area contributed by atoms with Crippen LogP contribution >= 0.6 is 11.6 Å². The van der Waals surface area contributed by atoms with Gasteiger partial charge in [0, 0.05) is 12.5 Å². The van der Waals surface area contributed by atoms with Crippen LogP contribution in [0.15, 0.2) is 0 Å². The van der Waals surface area contributed by atoms with E-state index in [1.165, 1.54) is 0 Å². The largest absolute Gasteiger partial charge is 0.252 e. The molecule has 0 N–H and O–H groups in total. The lowest BCUT2D eigenvalue weighted by Gasteiger charge is -2.18. The van der Waals surface area contributed by atoms with Gasteiger partial charge in [-0.25, -0.2) is 0 Å². The molecule has 0 spiro atoms. The molecule has 0 aliphatic heterocycles. The average molecular weight is 188 g/mol. The number of nitrogens with zero attached hydrogens (tertiary/aromatic N) is 3. The highest BCUT2D eigenvalue weighted by Gasteiger charge is 2.22. The van der Waals surface area contributed by atoms with Crippen LogP contribution in [0.5, 0.6) is 0 Å². The summed E-state index contributed by atoms with van der Waals surface area (Å²) >= 11 is 5.74. The molecule has 0 saturated carbocycles. The molecule has 1 aromatic heterocycles. The number of alkyl halides is 1. The van der Waals surface area contributed by atoms with Crippen molar-refractivity contribution in [3.8, 4) is 0 Å². The molecule has 1 heterocycles. The molecular weight excluding hydrogens is 174 g/mol. The lowest BCUT2D eigenvalue weighted by atomic mass is 9.91. The van der Waals surface area contributed by atoms with E-state index < -0.39 is 0 Å². The summed E-state index contributed by atoms with van der Waals surface area (Å²) < 4.78 is 1.79. The second kappa shape index (κ2) is 3.05. The maximum atomic E-state index is 5.74. The first-order chi connectivity index (χ1) is 5.46. The number of rotatable bonds is 1. The topological polar surface area (TPSA) is 30.7 Å². The van der Waals surface area contributed by atoms with E-state index in [4.69, 9.17) is 11.6 Å². The van der Waals surface area contributed by atoms with Gasteiger partial charge in [-0.05, 0) is 0 Å². The molecule has 1 rings (SSSR count). The lowest BCUT2D eigenvalue weighted by molar-refractivity contribution is 0.518. The average Bonchev–Trinajstić information content (AvgIpc) is 2.29. The Morgan fingerprint density at radius 2 is 2.00 bits per heavy atom. The Morgan fingerprint density at radius 3 is 2.33 bits per heavy atom. The summed E-state index contributed by atoms with van der Waals surface area (Å²) in [4.78, 5) is 0. The third kappa shape index (κ3) is 1.61. The number of aryl methyl sites for hydroxylation is 1. The maximum absolute atomic E-state index is 5.74. The molecule has 0 atom stereocenters. The van der Waals surface area contributed by atoms with E-state index in [-0.39, 0.29) is 5.41 Å². The smallest absolute Gasteiger partial charge is 0.101 e. The Hall–Kier alpha value is -0.570. The van der Waals surface area contributed by atoms with Gasteiger partial charge >= 0.3 is 0 Å². The van der Waals surface area contributed by atoms with Crippen LogP contribution in [0, 0.1) is 0 Å². The molecule has 3 nitrogen and oxygen atoms in total. The summed E-state index contributed by atoms with van der Waals surface area (Å²) in [5.74, 6) is 0.431. The fourth-order valence-corrected chi connectivity index (χ4v) is 1.59. The third-order valence-electron chi connectivity index (χ3n) is 1.73. The van der Waals surface area contributed by atoms with Crippen molar-refractivity contribution in [2.24, 2.45) is 7.05 Å². The lowest BCUT2D eigenvalue weighted by Crippen LogP contribution is -2.18. The molecule has 12 heavy (non-hydrogen) atoms. The van der Waals surface area contributed by atoms with E-state index in [1.807, 2.05) is 7.05 Å². The highest BCUT2D eigenvalue weighted by atomic mass is 35.5. The van der Waals surface area contributed by atoms with Gasteiger partial charge in [-0.2, -0.15) is 0 Å². The summed E-state index contributed by atoms with van der Waals surface area (Å²) in [5, 5.41) is 7.92. The summed E-state index contributed by atoms with van der Waals surface area (Å²) in [6.07, 6.45) is 0. The third-order valence-corrected chi connectivity index (χ3v) is 1.99. The van der Waals surface area contributed by atoms with E-state index in [0.717, 1.165) is 11.4 Å². The van der Waals surface area contributed by atoms with Crippen LogP contribution in [0.1, 0.15) is 32.2 Å². The van der Waals surface area contributed by atoms with Crippen molar-refractivity contribution in [1.29, 1.82) is 0 Å². The van der Waals surface area contributed by atoms with Gasteiger partial charge in [0.25, 0.3) is 0 Å². The minimum Gasteiger partial charge on any atom is -0.252 e. The molecule has 0 radical (unpaired) electrons. The van der Waals surface area contributed by atoms with Gasteiger partial charge in [-0.3, -0.25) is 4.68 Å². The van der Waals surface area contributed by atoms with Crippen molar-refractivity contribution in [3.63, 3.8) is 0 Å². The second-order valence-electron chi connectivity index (χ2n) is 3.89. The molecule has 0 unspecified atom stereocenters. The Bertz CT molecular complexity index is 272. The van der Waals surface area contributed by atoms with Crippen LogP contribution in [0.2, 0.25) is 0 Å². The van der Waals surface area contributed by atoms with Crippen LogP contribution in [-0.4, -0.2) is 15.0 Å². The summed E-state index contributed by atoms with van der Waals surface area (Å²) in [5.41, 5.74) is 2.05. The zero-order valence-electron chi connectivity index (χ0n) is 7.93. The van der Waals surface area contributed by atoms with Crippen LogP contribution < -0.4 is 0 Å². The van der Waals surface area contributed by atoms with Crippen LogP contribution in [0.3, 0.4) is 0 Å². The van der Waals surface area contributed by atoms with E-state index in [2.05, 4.69) is 31.1 Å². The molecule has 0 aliphatic rings. The minimum atomic E-state index is 0.0580. The zero-order valence-corrected chi connectivity index (χ0v) is 8.68. The van der Waals surface area contributed by atoms with E-state index >= 15 is 0 Å². The predicted octanol–water partition coefficient (Wildman–Crippen LogP) is 1.85. The molecule has 4 heteroatoms. The normalized spacial score (nSPS) is 12.1. The monoisotopic (exact) mass is 187 g/mol. The number of hydrogen-bond acceptors (Lipinski definition) is 2. The fourth-order valence-electron chi connectivity index (χ4n) is 1.41. The van der Waals surface area contributed by atoms with Gasteiger partial charge in [-0.15, -0.1) is 16.7 Å². The molecule has 0 aromatic carbocycles. The SMILES string of the molecule is Cn1nnc(CCl)c1C(C)(C)C. The van der Waals surface area contributed by atoms with E-state index in [9.17, 15) is 0 Å². The van der Waals surface area contributed by atoms with Gasteiger partial charge in [0.2, 0.25) is 0 Å². The summed E-state index contributed by atoms with van der Waals surface area (Å²) in [6, 6.07) is 0. The first-order valence-electron chi connectivity index (χ1n) is 3.92. The Kier molecular flexibility index (Phi) is 2.42. The molecule has 0 fully saturated rings. The Morgan fingerprint density at radius 1 is 1.42 bits per heavy atom. The van der Waals surface area contributed by atoms with Crippen molar-refractivity contribution in [3.05, 3.63) is 11.4 Å². The second-order valence-corrected chi connectivity index (χ2v) is 4.16. The van der Waals surface area contributed by atoms with Crippen molar-refractivity contribution >= 4 is 11.6 Å². The van der Waals surface area contributed by atoms with Crippen molar-refractivity contribution in [2.45, 2.75) is 32.1 Å². The van der Waals surface area contributed by atoms with Gasteiger partial charge in [0.05, 0.1) is 11.6 Å². The molecule has 0 amide bonds. The van der Waals surface area contributed by atoms with Gasteiger partial charge < -0.3 is 0 Å². The number of aromatic nitrogens is 3. The maximum Gasteiger partial charge on any atom is 0.101 e.